The van der Waals surface area contributed by atoms with Crippen molar-refractivity contribution in [1.82, 2.24) is 0 Å². The Balaban J connectivity index is 2.77. The molecule has 1 rings (SSSR count). The molecular weight excluding hydrogens is 164 g/mol. The number of Topliss-reactive ketones (excluding diaryl/α,β-unsaturated/α-hetero) is 1. The second-order valence-electron chi connectivity index (χ2n) is 4.78. The zero-order valence-electron chi connectivity index (χ0n) is 8.50. The van der Waals surface area contributed by atoms with Crippen LogP contribution in [0.25, 0.3) is 5.53 Å². The van der Waals surface area contributed by atoms with E-state index < -0.39 is 0 Å². The average Bonchev–Trinajstić information content (AvgIpc) is 2.03. The Morgan fingerprint density at radius 3 is 2.54 bits per heavy atom. The standard InChI is InChI=1S/C10H16N2O/c1-10(2,3)7-4-5-9(13)8(6-7)12-11/h7H,4-6H2,1-3H3/t7-/m1/s1. The van der Waals surface area contributed by atoms with Crippen molar-refractivity contribution >= 4 is 11.5 Å². The number of hydrogen-bond acceptors (Lipinski definition) is 1. The van der Waals surface area contributed by atoms with Crippen LogP contribution in [0.15, 0.2) is 0 Å². The van der Waals surface area contributed by atoms with Gasteiger partial charge in [-0.1, -0.05) is 20.8 Å². The highest BCUT2D eigenvalue weighted by atomic mass is 16.1. The van der Waals surface area contributed by atoms with Crippen LogP contribution in [0.1, 0.15) is 40.0 Å². The van der Waals surface area contributed by atoms with Crippen LogP contribution in [-0.2, 0) is 4.79 Å². The van der Waals surface area contributed by atoms with Crippen molar-refractivity contribution in [3.05, 3.63) is 5.53 Å². The second-order valence-corrected chi connectivity index (χ2v) is 4.78. The largest absolute Gasteiger partial charge is 0.361 e. The number of ketones is 1. The molecule has 1 saturated carbocycles. The Morgan fingerprint density at radius 1 is 1.46 bits per heavy atom. The van der Waals surface area contributed by atoms with Gasteiger partial charge in [-0.3, -0.25) is 4.79 Å². The maximum atomic E-state index is 11.2. The zero-order chi connectivity index (χ0) is 10.1. The lowest BCUT2D eigenvalue weighted by atomic mass is 9.71. The van der Waals surface area contributed by atoms with Crippen LogP contribution < -0.4 is 0 Å². The summed E-state index contributed by atoms with van der Waals surface area (Å²) < 4.78 is 0. The lowest BCUT2D eigenvalue weighted by Gasteiger charge is -2.31. The Morgan fingerprint density at radius 2 is 2.08 bits per heavy atom. The molecule has 0 aromatic heterocycles. The van der Waals surface area contributed by atoms with Gasteiger partial charge in [-0.25, -0.2) is 0 Å². The van der Waals surface area contributed by atoms with Crippen molar-refractivity contribution in [3.63, 3.8) is 0 Å². The smallest absolute Gasteiger partial charge is 0.334 e. The maximum Gasteiger partial charge on any atom is 0.334 e. The number of nitrogens with zero attached hydrogens (tertiary/aromatic N) is 2. The number of carbonyl (C=O) groups is 1. The van der Waals surface area contributed by atoms with Gasteiger partial charge < -0.3 is 5.53 Å². The number of rotatable bonds is 0. The molecule has 0 N–H and O–H groups in total. The van der Waals surface area contributed by atoms with Crippen LogP contribution in [0, 0.1) is 11.3 Å². The fraction of sp³-hybridized carbons (Fsp3) is 0.800. The van der Waals surface area contributed by atoms with Crippen LogP contribution in [0.2, 0.25) is 0 Å². The van der Waals surface area contributed by atoms with Gasteiger partial charge in [0.2, 0.25) is 5.78 Å². The quantitative estimate of drug-likeness (QED) is 0.416. The molecule has 0 heterocycles. The molecule has 3 nitrogen and oxygen atoms in total. The minimum absolute atomic E-state index is 0.00278. The Hall–Kier alpha value is -0.950. The number of hydrogen-bond donors (Lipinski definition) is 0. The van der Waals surface area contributed by atoms with Gasteiger partial charge in [-0.15, -0.1) is 0 Å². The predicted octanol–water partition coefficient (Wildman–Crippen LogP) is 2.07. The average molecular weight is 180 g/mol. The SMILES string of the molecule is CC(C)(C)[C@@H]1CCC(=O)C(=[N+]=[N-])C1. The molecule has 1 fully saturated rings. The molecule has 1 atom stereocenters. The molecule has 0 saturated heterocycles. The lowest BCUT2D eigenvalue weighted by molar-refractivity contribution is -0.119. The summed E-state index contributed by atoms with van der Waals surface area (Å²) >= 11 is 0. The molecule has 13 heavy (non-hydrogen) atoms. The molecule has 72 valence electrons. The van der Waals surface area contributed by atoms with Crippen molar-refractivity contribution in [3.8, 4) is 0 Å². The molecule has 1 aliphatic carbocycles. The van der Waals surface area contributed by atoms with Gasteiger partial charge in [0, 0.05) is 6.42 Å². The molecule has 0 spiro atoms. The molecule has 0 radical (unpaired) electrons. The molecule has 0 aromatic carbocycles. The molecule has 0 amide bonds. The minimum Gasteiger partial charge on any atom is -0.361 e. The van der Waals surface area contributed by atoms with E-state index in [1.165, 1.54) is 0 Å². The van der Waals surface area contributed by atoms with Gasteiger partial charge in [0.1, 0.15) is 0 Å². The summed E-state index contributed by atoms with van der Waals surface area (Å²) in [6.45, 7) is 6.47. The summed E-state index contributed by atoms with van der Waals surface area (Å²) in [5.41, 5.74) is 9.16. The Labute approximate surface area is 78.8 Å². The van der Waals surface area contributed by atoms with Crippen molar-refractivity contribution in [2.75, 3.05) is 0 Å². The minimum atomic E-state index is 0.00278. The Bertz CT molecular complexity index is 269. The van der Waals surface area contributed by atoms with Crippen molar-refractivity contribution in [2.24, 2.45) is 11.3 Å². The van der Waals surface area contributed by atoms with Crippen LogP contribution in [-0.4, -0.2) is 16.3 Å². The van der Waals surface area contributed by atoms with Gasteiger partial charge in [0.25, 0.3) is 0 Å². The van der Waals surface area contributed by atoms with E-state index in [1.807, 2.05) is 0 Å². The van der Waals surface area contributed by atoms with E-state index in [4.69, 9.17) is 5.53 Å². The first kappa shape index (κ1) is 10.1. The van der Waals surface area contributed by atoms with E-state index in [0.717, 1.165) is 6.42 Å². The molecule has 1 aliphatic rings. The third-order valence-electron chi connectivity index (χ3n) is 2.83. The second kappa shape index (κ2) is 3.43. The van der Waals surface area contributed by atoms with Gasteiger partial charge in [0.15, 0.2) is 0 Å². The van der Waals surface area contributed by atoms with E-state index in [-0.39, 0.29) is 11.2 Å². The van der Waals surface area contributed by atoms with Crippen molar-refractivity contribution in [2.45, 2.75) is 40.0 Å². The highest BCUT2D eigenvalue weighted by Gasteiger charge is 2.36. The summed E-state index contributed by atoms with van der Waals surface area (Å²) in [5, 5.41) is 0. The topological polar surface area (TPSA) is 53.5 Å². The van der Waals surface area contributed by atoms with Crippen LogP contribution >= 0.6 is 0 Å². The molecule has 0 aliphatic heterocycles. The van der Waals surface area contributed by atoms with Gasteiger partial charge in [-0.05, 0) is 17.8 Å². The molecule has 0 unspecified atom stereocenters. The van der Waals surface area contributed by atoms with Crippen molar-refractivity contribution in [1.29, 1.82) is 0 Å². The molecule has 3 heteroatoms. The summed E-state index contributed by atoms with van der Waals surface area (Å²) in [7, 11) is 0. The third kappa shape index (κ3) is 2.25. The monoisotopic (exact) mass is 180 g/mol. The molecule has 0 aromatic rings. The molecular formula is C10H16N2O. The van der Waals surface area contributed by atoms with E-state index in [2.05, 4.69) is 25.6 Å². The summed E-state index contributed by atoms with van der Waals surface area (Å²) in [5.74, 6) is 0.458. The fourth-order valence-corrected chi connectivity index (χ4v) is 1.73. The normalized spacial score (nSPS) is 24.4. The first-order chi connectivity index (χ1) is 5.95. The van der Waals surface area contributed by atoms with Gasteiger partial charge >= 0.3 is 5.71 Å². The summed E-state index contributed by atoms with van der Waals surface area (Å²) in [4.78, 5) is 14.3. The van der Waals surface area contributed by atoms with E-state index in [0.29, 0.717) is 24.5 Å². The number of carbonyl (C=O) groups excluding carboxylic acids is 1. The van der Waals surface area contributed by atoms with Crippen LogP contribution in [0.5, 0.6) is 0 Å². The highest BCUT2D eigenvalue weighted by molar-refractivity contribution is 6.38. The third-order valence-corrected chi connectivity index (χ3v) is 2.83. The highest BCUT2D eigenvalue weighted by Crippen LogP contribution is 2.35. The van der Waals surface area contributed by atoms with Crippen LogP contribution in [0.3, 0.4) is 0 Å². The first-order valence-corrected chi connectivity index (χ1v) is 4.69. The Kier molecular flexibility index (Phi) is 2.67. The fourth-order valence-electron chi connectivity index (χ4n) is 1.73. The first-order valence-electron chi connectivity index (χ1n) is 4.69. The van der Waals surface area contributed by atoms with Crippen LogP contribution in [0.4, 0.5) is 0 Å². The van der Waals surface area contributed by atoms with Crippen molar-refractivity contribution < 1.29 is 9.58 Å². The van der Waals surface area contributed by atoms with Gasteiger partial charge in [-0.2, -0.15) is 4.79 Å². The van der Waals surface area contributed by atoms with Gasteiger partial charge in [0.05, 0.1) is 6.42 Å². The predicted molar refractivity (Wildman–Crippen MR) is 50.4 cm³/mol. The van der Waals surface area contributed by atoms with E-state index in [1.54, 1.807) is 0 Å². The molecule has 0 bridgehead atoms. The maximum absolute atomic E-state index is 11.2. The van der Waals surface area contributed by atoms with E-state index >= 15 is 0 Å². The lowest BCUT2D eigenvalue weighted by Crippen LogP contribution is -2.32. The summed E-state index contributed by atoms with van der Waals surface area (Å²) in [6, 6.07) is 0. The summed E-state index contributed by atoms with van der Waals surface area (Å²) in [6.07, 6.45) is 2.07. The van der Waals surface area contributed by atoms with E-state index in [9.17, 15) is 4.79 Å². The zero-order valence-corrected chi connectivity index (χ0v) is 8.50.